The van der Waals surface area contributed by atoms with E-state index in [1.165, 1.54) is 16.3 Å². The first-order chi connectivity index (χ1) is 13.8. The average molecular weight is 440 g/mol. The van der Waals surface area contributed by atoms with E-state index in [2.05, 4.69) is 0 Å². The molecule has 10 heteroatoms. The fraction of sp³-hybridized carbons (Fsp3) is 0.474. The van der Waals surface area contributed by atoms with Gasteiger partial charge in [0.2, 0.25) is 0 Å². The van der Waals surface area contributed by atoms with Gasteiger partial charge in [0.05, 0.1) is 12.6 Å². The molecule has 2 heterocycles. The van der Waals surface area contributed by atoms with E-state index in [1.807, 2.05) is 12.1 Å². The smallest absolute Gasteiger partial charge is 0.348 e. The maximum absolute atomic E-state index is 13.1. The van der Waals surface area contributed by atoms with Crippen LogP contribution in [0, 0.1) is 0 Å². The highest BCUT2D eigenvalue weighted by Gasteiger charge is 2.37. The van der Waals surface area contributed by atoms with Crippen molar-refractivity contribution in [3.63, 3.8) is 0 Å². The van der Waals surface area contributed by atoms with E-state index in [0.29, 0.717) is 23.6 Å². The van der Waals surface area contributed by atoms with Crippen molar-refractivity contribution in [1.82, 2.24) is 13.9 Å². The number of rotatable bonds is 6. The molecule has 0 spiro atoms. The number of benzene rings is 1. The van der Waals surface area contributed by atoms with E-state index in [4.69, 9.17) is 16.3 Å². The van der Waals surface area contributed by atoms with Gasteiger partial charge < -0.3 is 4.74 Å². The monoisotopic (exact) mass is 439 g/mol. The molecule has 0 bridgehead atoms. The molecule has 0 fully saturated rings. The van der Waals surface area contributed by atoms with Crippen molar-refractivity contribution < 1.29 is 14.3 Å². The number of nitrogens with zero attached hydrogens (tertiary/aromatic N) is 3. The van der Waals surface area contributed by atoms with Crippen LogP contribution < -0.4 is 11.4 Å². The maximum atomic E-state index is 13.1. The molecule has 1 aliphatic rings. The van der Waals surface area contributed by atoms with Gasteiger partial charge in [0.25, 0.3) is 0 Å². The lowest BCUT2D eigenvalue weighted by atomic mass is 9.97. The van der Waals surface area contributed by atoms with E-state index >= 15 is 0 Å². The van der Waals surface area contributed by atoms with Gasteiger partial charge in [-0.05, 0) is 37.5 Å². The zero-order chi connectivity index (χ0) is 21.1. The summed E-state index contributed by atoms with van der Waals surface area (Å²) in [6.07, 6.45) is 0.869. The number of esters is 1. The molecule has 29 heavy (non-hydrogen) atoms. The minimum atomic E-state index is -0.861. The Morgan fingerprint density at radius 3 is 2.41 bits per heavy atom. The molecule has 1 aromatic carbocycles. The van der Waals surface area contributed by atoms with E-state index < -0.39 is 29.4 Å². The van der Waals surface area contributed by atoms with Crippen molar-refractivity contribution in [1.29, 1.82) is 0 Å². The fourth-order valence-electron chi connectivity index (χ4n) is 3.56. The Morgan fingerprint density at radius 1 is 1.14 bits per heavy atom. The molecule has 8 nitrogen and oxygen atoms in total. The molecule has 2 aromatic rings. The van der Waals surface area contributed by atoms with Crippen molar-refractivity contribution in [2.45, 2.75) is 45.3 Å². The first-order valence-corrected chi connectivity index (χ1v) is 10.7. The van der Waals surface area contributed by atoms with E-state index in [0.717, 1.165) is 21.9 Å². The van der Waals surface area contributed by atoms with Gasteiger partial charge >= 0.3 is 17.3 Å². The molecule has 0 amide bonds. The van der Waals surface area contributed by atoms with Crippen molar-refractivity contribution in [2.75, 3.05) is 12.4 Å². The Bertz CT molecular complexity index is 1020. The summed E-state index contributed by atoms with van der Waals surface area (Å²) in [5.41, 5.74) is -0.258. The number of thioether (sulfide) groups is 1. The van der Waals surface area contributed by atoms with Gasteiger partial charge in [-0.3, -0.25) is 4.79 Å². The predicted octanol–water partition coefficient (Wildman–Crippen LogP) is 2.23. The van der Waals surface area contributed by atoms with Crippen molar-refractivity contribution in [2.24, 2.45) is 0 Å². The van der Waals surface area contributed by atoms with Gasteiger partial charge in [0.1, 0.15) is 0 Å². The highest BCUT2D eigenvalue weighted by atomic mass is 35.5. The number of hydrogen-bond acceptors (Lipinski definition) is 6. The zero-order valence-corrected chi connectivity index (χ0v) is 17.7. The van der Waals surface area contributed by atoms with E-state index in [9.17, 15) is 19.2 Å². The Hall–Kier alpha value is -2.26. The summed E-state index contributed by atoms with van der Waals surface area (Å²) in [5, 5.41) is 0.475. The van der Waals surface area contributed by atoms with Crippen LogP contribution in [0.3, 0.4) is 0 Å². The second-order valence-electron chi connectivity index (χ2n) is 6.66. The third-order valence-electron chi connectivity index (χ3n) is 4.82. The predicted molar refractivity (Wildman–Crippen MR) is 111 cm³/mol. The zero-order valence-electron chi connectivity index (χ0n) is 16.2. The molecular weight excluding hydrogens is 418 g/mol. The molecule has 0 saturated heterocycles. The van der Waals surface area contributed by atoms with Gasteiger partial charge in [0.15, 0.2) is 11.2 Å². The molecule has 0 aliphatic carbocycles. The molecule has 0 saturated carbocycles. The number of carbonyl (C=O) groups is 2. The van der Waals surface area contributed by atoms with Crippen LogP contribution in [0.2, 0.25) is 5.02 Å². The van der Waals surface area contributed by atoms with Crippen LogP contribution in [0.5, 0.6) is 0 Å². The number of halogens is 1. The fourth-order valence-corrected chi connectivity index (χ4v) is 4.25. The summed E-state index contributed by atoms with van der Waals surface area (Å²) in [6.45, 7) is 3.39. The van der Waals surface area contributed by atoms with E-state index in [-0.39, 0.29) is 18.3 Å². The summed E-state index contributed by atoms with van der Waals surface area (Å²) < 4.78 is 8.75. The normalized spacial score (nSPS) is 18.3. The molecule has 0 N–H and O–H groups in total. The Balaban J connectivity index is 2.09. The number of hydrogen-bond donors (Lipinski definition) is 0. The second kappa shape index (κ2) is 9.04. The Labute approximate surface area is 176 Å². The van der Waals surface area contributed by atoms with Gasteiger partial charge in [-0.25, -0.2) is 28.3 Å². The second-order valence-corrected chi connectivity index (χ2v) is 8.37. The summed E-state index contributed by atoms with van der Waals surface area (Å²) in [4.78, 5) is 49.8. The summed E-state index contributed by atoms with van der Waals surface area (Å²) in [7, 11) is 0. The van der Waals surface area contributed by atoms with Crippen LogP contribution in [-0.4, -0.2) is 37.4 Å². The molecule has 2 unspecified atom stereocenters. The van der Waals surface area contributed by atoms with Gasteiger partial charge in [-0.1, -0.05) is 35.5 Å². The molecule has 1 aliphatic heterocycles. The van der Waals surface area contributed by atoms with Gasteiger partial charge in [-0.15, -0.1) is 0 Å². The third-order valence-corrected chi connectivity index (χ3v) is 5.87. The minimum Gasteiger partial charge on any atom is -0.464 e. The van der Waals surface area contributed by atoms with Crippen LogP contribution in [-0.2, 0) is 20.9 Å². The first-order valence-electron chi connectivity index (χ1n) is 9.34. The largest absolute Gasteiger partial charge is 0.464 e. The lowest BCUT2D eigenvalue weighted by Gasteiger charge is -2.30. The Kier molecular flexibility index (Phi) is 6.69. The molecule has 156 valence electrons. The number of carbonyl (C=O) groups excluding carboxylic acids is 2. The van der Waals surface area contributed by atoms with Crippen LogP contribution in [0.25, 0.3) is 0 Å². The first kappa shape index (κ1) is 21.4. The van der Waals surface area contributed by atoms with Crippen molar-refractivity contribution in [3.8, 4) is 0 Å². The number of ether oxygens (including phenoxy) is 1. The summed E-state index contributed by atoms with van der Waals surface area (Å²) in [6, 6.07) is 5.80. The Morgan fingerprint density at radius 2 is 1.79 bits per heavy atom. The quantitative estimate of drug-likeness (QED) is 0.641. The number of aromatic nitrogens is 3. The van der Waals surface area contributed by atoms with Crippen molar-refractivity contribution in [3.05, 3.63) is 55.8 Å². The average Bonchev–Trinajstić information content (AvgIpc) is 2.93. The van der Waals surface area contributed by atoms with Crippen molar-refractivity contribution >= 4 is 34.4 Å². The van der Waals surface area contributed by atoms with Gasteiger partial charge in [0, 0.05) is 24.2 Å². The van der Waals surface area contributed by atoms with Crippen LogP contribution in [0.15, 0.2) is 33.9 Å². The minimum absolute atomic E-state index is 0.0811. The molecule has 0 radical (unpaired) electrons. The highest BCUT2D eigenvalue weighted by Crippen LogP contribution is 2.32. The molecule has 1 aromatic heterocycles. The maximum Gasteiger partial charge on any atom is 0.348 e. The van der Waals surface area contributed by atoms with Gasteiger partial charge in [-0.2, -0.15) is 0 Å². The van der Waals surface area contributed by atoms with E-state index in [1.54, 1.807) is 19.1 Å². The molecule has 3 rings (SSSR count). The lowest BCUT2D eigenvalue weighted by Crippen LogP contribution is -2.41. The topological polar surface area (TPSA) is 92.3 Å². The number of fused-ring (bicyclic) bond motifs is 1. The summed E-state index contributed by atoms with van der Waals surface area (Å²) in [5.74, 6) is -0.238. The molecular formula is C19H22ClN3O5S. The summed E-state index contributed by atoms with van der Waals surface area (Å²) >= 11 is 7.02. The van der Waals surface area contributed by atoms with Crippen LogP contribution in [0.1, 0.15) is 44.3 Å². The molecule has 2 atom stereocenters. The van der Waals surface area contributed by atoms with Crippen LogP contribution in [0.4, 0.5) is 0 Å². The standard InChI is InChI=1S/C19H22ClN3O5S/c1-3-28-17(25)16-9-8-15(13-4-6-14(20)7-5-13)22-18(26)21(19(27)23(16)22)10-11-29-12(2)24/h4-7,15-16H,3,8-11H2,1-2H3. The lowest BCUT2D eigenvalue weighted by molar-refractivity contribution is -0.149. The third kappa shape index (κ3) is 4.35. The highest BCUT2D eigenvalue weighted by molar-refractivity contribution is 8.13. The SMILES string of the molecule is CCOC(=O)C1CCC(c2ccc(Cl)cc2)n2c(=O)n(CCSC(C)=O)c(=O)n21. The van der Waals surface area contributed by atoms with Crippen LogP contribution >= 0.6 is 23.4 Å².